The van der Waals surface area contributed by atoms with Gasteiger partial charge in [-0.1, -0.05) is 133 Å². The summed E-state index contributed by atoms with van der Waals surface area (Å²) >= 11 is 0. The lowest BCUT2D eigenvalue weighted by atomic mass is 9.66. The number of rotatable bonds is 6. The Morgan fingerprint density at radius 3 is 1.32 bits per heavy atom. The number of benzene rings is 6. The van der Waals surface area contributed by atoms with E-state index in [1.165, 1.54) is 22.3 Å². The van der Waals surface area contributed by atoms with Crippen LogP contribution in [-0.2, 0) is 5.41 Å². The molecule has 0 N–H and O–H groups in total. The van der Waals surface area contributed by atoms with Crippen molar-refractivity contribution in [1.29, 1.82) is 0 Å². The molecule has 290 valence electrons. The molecule has 0 fully saturated rings. The van der Waals surface area contributed by atoms with Gasteiger partial charge in [-0.25, -0.2) is 15.0 Å². The molecular formula is C56H35N5O. The van der Waals surface area contributed by atoms with Crippen LogP contribution in [0.15, 0.2) is 213 Å². The third-order valence-electron chi connectivity index (χ3n) is 12.1. The summed E-state index contributed by atoms with van der Waals surface area (Å²) in [5, 5.41) is 0. The molecule has 2 aliphatic rings. The molecule has 6 aromatic carbocycles. The first-order chi connectivity index (χ1) is 30.7. The van der Waals surface area contributed by atoms with Crippen LogP contribution in [0.3, 0.4) is 0 Å². The number of hydrogen-bond donors (Lipinski definition) is 0. The highest BCUT2D eigenvalue weighted by atomic mass is 16.5. The van der Waals surface area contributed by atoms with Crippen LogP contribution in [-0.4, -0.2) is 24.9 Å². The molecule has 1 spiro atoms. The molecule has 0 radical (unpaired) electrons. The minimum absolute atomic E-state index is 0.625. The van der Waals surface area contributed by atoms with Crippen molar-refractivity contribution in [2.24, 2.45) is 0 Å². The second-order valence-corrected chi connectivity index (χ2v) is 15.7. The molecule has 4 aromatic heterocycles. The lowest BCUT2D eigenvalue weighted by Crippen LogP contribution is -2.32. The number of aromatic nitrogens is 5. The highest BCUT2D eigenvalue weighted by Gasteiger charge is 2.51. The number of hydrogen-bond acceptors (Lipinski definition) is 6. The van der Waals surface area contributed by atoms with E-state index in [4.69, 9.17) is 19.7 Å². The van der Waals surface area contributed by atoms with E-state index in [1.54, 1.807) is 12.4 Å². The summed E-state index contributed by atoms with van der Waals surface area (Å²) in [5.41, 5.74) is 16.5. The molecule has 0 unspecified atom stereocenters. The van der Waals surface area contributed by atoms with E-state index in [0.717, 1.165) is 84.3 Å². The topological polar surface area (TPSA) is 73.7 Å². The molecule has 6 nitrogen and oxygen atoms in total. The quantitative estimate of drug-likeness (QED) is 0.167. The van der Waals surface area contributed by atoms with Gasteiger partial charge in [0.1, 0.15) is 11.5 Å². The fourth-order valence-corrected chi connectivity index (χ4v) is 9.34. The predicted octanol–water partition coefficient (Wildman–Crippen LogP) is 13.1. The molecule has 6 heteroatoms. The fraction of sp³-hybridized carbons (Fsp3) is 0.0179. The maximum absolute atomic E-state index is 7.19. The fourth-order valence-electron chi connectivity index (χ4n) is 9.34. The lowest BCUT2D eigenvalue weighted by molar-refractivity contribution is 0.437. The van der Waals surface area contributed by atoms with Crippen molar-refractivity contribution in [1.82, 2.24) is 24.9 Å². The van der Waals surface area contributed by atoms with Crippen LogP contribution in [0, 0.1) is 0 Å². The van der Waals surface area contributed by atoms with E-state index in [1.807, 2.05) is 73.1 Å². The highest BCUT2D eigenvalue weighted by Crippen LogP contribution is 2.62. The van der Waals surface area contributed by atoms with Crippen LogP contribution >= 0.6 is 0 Å². The SMILES string of the molecule is c1ccc(-c2cc(-c3ccccc3)nc(-c3ccc4c(c3)Oc3cc(-c5cc(-c6cccnc6)nc(-c6cccnc6)c5)ccc3C43c4ccccc4-c4ccccc43)n2)cc1. The predicted molar refractivity (Wildman–Crippen MR) is 245 cm³/mol. The zero-order valence-corrected chi connectivity index (χ0v) is 33.4. The Morgan fingerprint density at radius 1 is 0.323 bits per heavy atom. The first-order valence-corrected chi connectivity index (χ1v) is 20.7. The molecule has 10 aromatic rings. The van der Waals surface area contributed by atoms with E-state index in [0.29, 0.717) is 5.82 Å². The summed E-state index contributed by atoms with van der Waals surface area (Å²) in [6, 6.07) is 65.6. The zero-order valence-electron chi connectivity index (χ0n) is 33.4. The van der Waals surface area contributed by atoms with Crippen molar-refractivity contribution in [3.8, 4) is 90.2 Å². The van der Waals surface area contributed by atoms with Crippen LogP contribution in [0.5, 0.6) is 11.5 Å². The number of fused-ring (bicyclic) bond motifs is 9. The molecule has 62 heavy (non-hydrogen) atoms. The molecule has 0 amide bonds. The molecule has 0 saturated carbocycles. The summed E-state index contributed by atoms with van der Waals surface area (Å²) in [5.74, 6) is 2.17. The van der Waals surface area contributed by atoms with E-state index >= 15 is 0 Å². The van der Waals surface area contributed by atoms with Gasteiger partial charge < -0.3 is 4.74 Å². The second-order valence-electron chi connectivity index (χ2n) is 15.7. The molecular weight excluding hydrogens is 759 g/mol. The molecule has 1 aliphatic carbocycles. The van der Waals surface area contributed by atoms with E-state index in [9.17, 15) is 0 Å². The normalized spacial score (nSPS) is 12.8. The first kappa shape index (κ1) is 35.6. The Morgan fingerprint density at radius 2 is 0.790 bits per heavy atom. The van der Waals surface area contributed by atoms with Gasteiger partial charge >= 0.3 is 0 Å². The number of ether oxygens (including phenoxy) is 1. The second kappa shape index (κ2) is 14.4. The van der Waals surface area contributed by atoms with Crippen LogP contribution in [0.2, 0.25) is 0 Å². The first-order valence-electron chi connectivity index (χ1n) is 20.7. The van der Waals surface area contributed by atoms with Crippen LogP contribution in [0.1, 0.15) is 22.3 Å². The maximum Gasteiger partial charge on any atom is 0.160 e. The van der Waals surface area contributed by atoms with Gasteiger partial charge in [0.2, 0.25) is 0 Å². The molecule has 0 bridgehead atoms. The number of pyridine rings is 3. The highest BCUT2D eigenvalue weighted by molar-refractivity contribution is 5.90. The zero-order chi connectivity index (χ0) is 41.0. The van der Waals surface area contributed by atoms with E-state index in [2.05, 4.69) is 137 Å². The Bertz CT molecular complexity index is 2980. The average Bonchev–Trinajstić information content (AvgIpc) is 3.65. The van der Waals surface area contributed by atoms with Crippen LogP contribution in [0.25, 0.3) is 78.7 Å². The smallest absolute Gasteiger partial charge is 0.160 e. The van der Waals surface area contributed by atoms with E-state index in [-0.39, 0.29) is 0 Å². The van der Waals surface area contributed by atoms with Crippen LogP contribution < -0.4 is 4.74 Å². The summed E-state index contributed by atoms with van der Waals surface area (Å²) in [6.45, 7) is 0. The van der Waals surface area contributed by atoms with Crippen molar-refractivity contribution in [2.45, 2.75) is 5.41 Å². The Balaban J connectivity index is 1.07. The summed E-state index contributed by atoms with van der Waals surface area (Å²) in [7, 11) is 0. The van der Waals surface area contributed by atoms with Gasteiger partial charge in [0.25, 0.3) is 0 Å². The third kappa shape index (κ3) is 5.76. The van der Waals surface area contributed by atoms with Gasteiger partial charge in [-0.15, -0.1) is 0 Å². The lowest BCUT2D eigenvalue weighted by Gasteiger charge is -2.39. The van der Waals surface area contributed by atoms with Crippen molar-refractivity contribution >= 4 is 0 Å². The van der Waals surface area contributed by atoms with Gasteiger partial charge in [-0.2, -0.15) is 0 Å². The van der Waals surface area contributed by atoms with Crippen molar-refractivity contribution in [2.75, 3.05) is 0 Å². The Hall–Kier alpha value is -8.35. The van der Waals surface area contributed by atoms with Gasteiger partial charge in [0.05, 0.1) is 28.2 Å². The molecule has 5 heterocycles. The third-order valence-corrected chi connectivity index (χ3v) is 12.1. The minimum Gasteiger partial charge on any atom is -0.457 e. The van der Waals surface area contributed by atoms with Crippen molar-refractivity contribution in [3.63, 3.8) is 0 Å². The summed E-state index contributed by atoms with van der Waals surface area (Å²) < 4.78 is 7.19. The number of nitrogens with zero attached hydrogens (tertiary/aromatic N) is 5. The average molecular weight is 794 g/mol. The van der Waals surface area contributed by atoms with E-state index < -0.39 is 5.41 Å². The summed E-state index contributed by atoms with van der Waals surface area (Å²) in [6.07, 6.45) is 7.26. The van der Waals surface area contributed by atoms with Gasteiger partial charge in [-0.05, 0) is 88.0 Å². The van der Waals surface area contributed by atoms with Gasteiger partial charge in [-0.3, -0.25) is 9.97 Å². The maximum atomic E-state index is 7.19. The Kier molecular flexibility index (Phi) is 8.28. The van der Waals surface area contributed by atoms with Gasteiger partial charge in [0.15, 0.2) is 5.82 Å². The molecule has 0 atom stereocenters. The molecule has 1 aliphatic heterocycles. The standard InChI is InChI=1S/C56H35N5O/c1-3-13-36(14-4-1)51-33-52(37-15-5-2-6-16-37)61-55(60-51)39-24-26-48-54(32-39)62-53-31-38(23-25-47(53)56(48)45-21-9-7-19-43(45)44-20-8-10-22-46(44)56)42-29-49(40-17-11-27-57-34-40)59-50(30-42)41-18-12-28-58-35-41/h1-35H. The van der Waals surface area contributed by atoms with Crippen molar-refractivity contribution in [3.05, 3.63) is 235 Å². The monoisotopic (exact) mass is 793 g/mol. The van der Waals surface area contributed by atoms with Crippen LogP contribution in [0.4, 0.5) is 0 Å². The molecule has 0 saturated heterocycles. The molecule has 12 rings (SSSR count). The largest absolute Gasteiger partial charge is 0.457 e. The van der Waals surface area contributed by atoms with Gasteiger partial charge in [0, 0.05) is 63.7 Å². The summed E-state index contributed by atoms with van der Waals surface area (Å²) in [4.78, 5) is 24.3. The minimum atomic E-state index is -0.644. The van der Waals surface area contributed by atoms with Crippen molar-refractivity contribution < 1.29 is 4.74 Å². The Labute approximate surface area is 359 Å².